The highest BCUT2D eigenvalue weighted by atomic mass is 19.1. The Bertz CT molecular complexity index is 1180. The smallest absolute Gasteiger partial charge is 0.262 e. The van der Waals surface area contributed by atoms with Crippen molar-refractivity contribution in [2.45, 2.75) is 38.5 Å². The summed E-state index contributed by atoms with van der Waals surface area (Å²) in [4.78, 5) is 11.9. The average Bonchev–Trinajstić information content (AvgIpc) is 2.80. The second-order valence-corrected chi connectivity index (χ2v) is 9.24. The van der Waals surface area contributed by atoms with Crippen LogP contribution < -0.4 is 20.1 Å². The predicted molar refractivity (Wildman–Crippen MR) is 128 cm³/mol. The summed E-state index contributed by atoms with van der Waals surface area (Å²) < 4.78 is 38.7. The Labute approximate surface area is 202 Å². The third-order valence-electron chi connectivity index (χ3n) is 5.66. The molecule has 3 aromatic rings. The van der Waals surface area contributed by atoms with E-state index in [0.29, 0.717) is 41.3 Å². The fourth-order valence-corrected chi connectivity index (χ4v) is 4.04. The van der Waals surface area contributed by atoms with Crippen LogP contribution in [0, 0.1) is 11.6 Å². The number of fused-ring (bicyclic) bond motifs is 1. The average molecular weight is 483 g/mol. The van der Waals surface area contributed by atoms with Crippen LogP contribution in [0.1, 0.15) is 36.6 Å². The summed E-state index contributed by atoms with van der Waals surface area (Å²) >= 11 is 0. The number of carbonyl (C=O) groups is 1. The van der Waals surface area contributed by atoms with Gasteiger partial charge in [0.1, 0.15) is 29.7 Å². The zero-order valence-corrected chi connectivity index (χ0v) is 19.6. The SMILES string of the molecule is CC(C)(Cc1cc(F)cc(F)c1)NCC(O)c1cc(OCc2ccccc2)cc2c1OCC(=O)N2. The molecule has 0 radical (unpaired) electrons. The minimum Gasteiger partial charge on any atom is -0.489 e. The summed E-state index contributed by atoms with van der Waals surface area (Å²) in [5, 5.41) is 17.1. The summed E-state index contributed by atoms with van der Waals surface area (Å²) in [5.74, 6) is -0.694. The Balaban J connectivity index is 1.49. The first-order chi connectivity index (χ1) is 16.7. The van der Waals surface area contributed by atoms with Crippen LogP contribution in [0.5, 0.6) is 11.5 Å². The Morgan fingerprint density at radius 3 is 2.51 bits per heavy atom. The molecule has 1 atom stereocenters. The number of halogens is 2. The molecule has 1 amide bonds. The number of anilines is 1. The van der Waals surface area contributed by atoms with Crippen molar-refractivity contribution in [2.75, 3.05) is 18.5 Å². The molecule has 8 heteroatoms. The van der Waals surface area contributed by atoms with Crippen LogP contribution >= 0.6 is 0 Å². The number of benzene rings is 3. The van der Waals surface area contributed by atoms with E-state index in [9.17, 15) is 18.7 Å². The molecule has 3 aromatic carbocycles. The highest BCUT2D eigenvalue weighted by molar-refractivity contribution is 5.96. The van der Waals surface area contributed by atoms with E-state index in [2.05, 4.69) is 10.6 Å². The van der Waals surface area contributed by atoms with E-state index < -0.39 is 23.3 Å². The second-order valence-electron chi connectivity index (χ2n) is 9.24. The molecule has 3 N–H and O–H groups in total. The van der Waals surface area contributed by atoms with Crippen molar-refractivity contribution in [1.29, 1.82) is 0 Å². The number of rotatable bonds is 9. The van der Waals surface area contributed by atoms with Gasteiger partial charge in [0, 0.05) is 29.8 Å². The van der Waals surface area contributed by atoms with Crippen LogP contribution in [0.15, 0.2) is 60.7 Å². The van der Waals surface area contributed by atoms with E-state index in [4.69, 9.17) is 9.47 Å². The standard InChI is InChI=1S/C27H28F2N2O4/c1-27(2,13-18-8-19(28)10-20(29)9-18)30-14-24(32)22-11-21(34-15-17-6-4-3-5-7-17)12-23-26(22)35-16-25(33)31-23/h3-12,24,30,32H,13-16H2,1-2H3,(H,31,33). The first kappa shape index (κ1) is 24.6. The van der Waals surface area contributed by atoms with E-state index >= 15 is 0 Å². The lowest BCUT2D eigenvalue weighted by Gasteiger charge is -2.29. The van der Waals surface area contributed by atoms with Gasteiger partial charge in [-0.15, -0.1) is 0 Å². The zero-order valence-electron chi connectivity index (χ0n) is 19.6. The molecule has 1 heterocycles. The molecule has 0 saturated carbocycles. The molecule has 35 heavy (non-hydrogen) atoms. The highest BCUT2D eigenvalue weighted by Gasteiger charge is 2.26. The second kappa shape index (κ2) is 10.4. The Morgan fingerprint density at radius 2 is 1.80 bits per heavy atom. The molecule has 1 unspecified atom stereocenters. The van der Waals surface area contributed by atoms with Gasteiger partial charge in [-0.3, -0.25) is 4.79 Å². The topological polar surface area (TPSA) is 79.8 Å². The molecule has 0 saturated heterocycles. The van der Waals surface area contributed by atoms with E-state index in [-0.39, 0.29) is 19.1 Å². The number of amides is 1. The van der Waals surface area contributed by atoms with Gasteiger partial charge < -0.3 is 25.2 Å². The third kappa shape index (κ3) is 6.55. The van der Waals surface area contributed by atoms with Crippen molar-refractivity contribution in [3.05, 3.63) is 89.0 Å². The van der Waals surface area contributed by atoms with Gasteiger partial charge in [0.25, 0.3) is 5.91 Å². The Hall–Kier alpha value is -3.49. The van der Waals surface area contributed by atoms with Gasteiger partial charge in [0.15, 0.2) is 6.61 Å². The van der Waals surface area contributed by atoms with Gasteiger partial charge in [-0.25, -0.2) is 8.78 Å². The zero-order chi connectivity index (χ0) is 25.0. The van der Waals surface area contributed by atoms with E-state index in [1.54, 1.807) is 12.1 Å². The van der Waals surface area contributed by atoms with E-state index in [1.165, 1.54) is 12.1 Å². The van der Waals surface area contributed by atoms with Crippen molar-refractivity contribution < 1.29 is 28.2 Å². The number of hydrogen-bond donors (Lipinski definition) is 3. The lowest BCUT2D eigenvalue weighted by molar-refractivity contribution is -0.118. The number of ether oxygens (including phenoxy) is 2. The predicted octanol–water partition coefficient (Wildman–Crippen LogP) is 4.52. The molecule has 4 rings (SSSR count). The quantitative estimate of drug-likeness (QED) is 0.418. The number of β-amino-alcohol motifs (C(OH)–C–C–N with tert-alkyl or cyclic N) is 1. The first-order valence-electron chi connectivity index (χ1n) is 11.3. The minimum absolute atomic E-state index is 0.136. The Morgan fingerprint density at radius 1 is 1.09 bits per heavy atom. The maximum absolute atomic E-state index is 13.6. The van der Waals surface area contributed by atoms with Crippen molar-refractivity contribution >= 4 is 11.6 Å². The van der Waals surface area contributed by atoms with Gasteiger partial charge in [-0.1, -0.05) is 30.3 Å². The molecule has 1 aliphatic rings. The molecular formula is C27H28F2N2O4. The van der Waals surface area contributed by atoms with Gasteiger partial charge in [-0.05, 0) is 49.6 Å². The summed E-state index contributed by atoms with van der Waals surface area (Å²) in [6.07, 6.45) is -0.651. The van der Waals surface area contributed by atoms with E-state index in [0.717, 1.165) is 11.6 Å². The lowest BCUT2D eigenvalue weighted by Crippen LogP contribution is -2.43. The maximum Gasteiger partial charge on any atom is 0.262 e. The van der Waals surface area contributed by atoms with Gasteiger partial charge >= 0.3 is 0 Å². The van der Waals surface area contributed by atoms with Crippen LogP contribution in [0.2, 0.25) is 0 Å². The van der Waals surface area contributed by atoms with Gasteiger partial charge in [0.05, 0.1) is 11.8 Å². The van der Waals surface area contributed by atoms with Gasteiger partial charge in [0.2, 0.25) is 0 Å². The minimum atomic E-state index is -0.998. The van der Waals surface area contributed by atoms with Crippen LogP contribution in [0.4, 0.5) is 14.5 Å². The largest absolute Gasteiger partial charge is 0.489 e. The number of nitrogens with one attached hydrogen (secondary N) is 2. The molecule has 0 fully saturated rings. The lowest BCUT2D eigenvalue weighted by atomic mass is 9.94. The molecule has 184 valence electrons. The monoisotopic (exact) mass is 482 g/mol. The fraction of sp³-hybridized carbons (Fsp3) is 0.296. The summed E-state index contributed by atoms with van der Waals surface area (Å²) in [6.45, 7) is 4.07. The molecular weight excluding hydrogens is 454 g/mol. The number of aliphatic hydroxyl groups is 1. The first-order valence-corrected chi connectivity index (χ1v) is 11.3. The van der Waals surface area contributed by atoms with Crippen LogP contribution in [0.25, 0.3) is 0 Å². The summed E-state index contributed by atoms with van der Waals surface area (Å²) in [6, 6.07) is 16.4. The Kier molecular flexibility index (Phi) is 7.33. The molecule has 0 bridgehead atoms. The van der Waals surface area contributed by atoms with Crippen LogP contribution in [0.3, 0.4) is 0 Å². The molecule has 6 nitrogen and oxygen atoms in total. The molecule has 1 aliphatic heterocycles. The third-order valence-corrected chi connectivity index (χ3v) is 5.66. The van der Waals surface area contributed by atoms with E-state index in [1.807, 2.05) is 44.2 Å². The van der Waals surface area contributed by atoms with Crippen molar-refractivity contribution in [3.8, 4) is 11.5 Å². The number of aliphatic hydroxyl groups excluding tert-OH is 1. The fourth-order valence-electron chi connectivity index (χ4n) is 4.04. The van der Waals surface area contributed by atoms with Crippen molar-refractivity contribution in [3.63, 3.8) is 0 Å². The maximum atomic E-state index is 13.6. The highest BCUT2D eigenvalue weighted by Crippen LogP contribution is 2.39. The molecule has 0 aliphatic carbocycles. The summed E-state index contributed by atoms with van der Waals surface area (Å²) in [5.41, 5.74) is 1.80. The molecule has 0 spiro atoms. The van der Waals surface area contributed by atoms with Crippen LogP contribution in [-0.4, -0.2) is 29.7 Å². The normalized spacial score (nSPS) is 14.0. The molecule has 0 aromatic heterocycles. The summed E-state index contributed by atoms with van der Waals surface area (Å²) in [7, 11) is 0. The number of hydrogen-bond acceptors (Lipinski definition) is 5. The van der Waals surface area contributed by atoms with Crippen LogP contribution in [-0.2, 0) is 17.8 Å². The van der Waals surface area contributed by atoms with Crippen molar-refractivity contribution in [2.24, 2.45) is 0 Å². The van der Waals surface area contributed by atoms with Gasteiger partial charge in [-0.2, -0.15) is 0 Å². The van der Waals surface area contributed by atoms with Crippen molar-refractivity contribution in [1.82, 2.24) is 5.32 Å². The number of carbonyl (C=O) groups excluding carboxylic acids is 1.